The molecule has 0 heterocycles. The maximum atomic E-state index is 6.18. The molecule has 0 unspecified atom stereocenters. The van der Waals surface area contributed by atoms with Crippen molar-refractivity contribution in [2.24, 2.45) is 5.10 Å². The number of nitrogens with zero attached hydrogens (tertiary/aromatic N) is 1. The molecule has 0 bridgehead atoms. The summed E-state index contributed by atoms with van der Waals surface area (Å²) in [5, 5.41) is 5.89. The predicted octanol–water partition coefficient (Wildman–Crippen LogP) is 5.81. The highest BCUT2D eigenvalue weighted by Gasteiger charge is 2.17. The summed E-state index contributed by atoms with van der Waals surface area (Å²) in [6.07, 6.45) is 2.96. The van der Waals surface area contributed by atoms with Crippen LogP contribution in [0.1, 0.15) is 24.0 Å². The van der Waals surface area contributed by atoms with E-state index in [0.29, 0.717) is 20.8 Å². The summed E-state index contributed by atoms with van der Waals surface area (Å²) in [5.74, 6) is 0.863. The first-order chi connectivity index (χ1) is 11.1. The van der Waals surface area contributed by atoms with Crippen molar-refractivity contribution in [2.75, 3.05) is 12.5 Å². The van der Waals surface area contributed by atoms with Gasteiger partial charge in [0, 0.05) is 10.6 Å². The second kappa shape index (κ2) is 7.00. The molecule has 1 N–H and O–H groups in total. The number of ether oxygens (including phenoxy) is 1. The Labute approximate surface area is 150 Å². The molecule has 0 spiro atoms. The van der Waals surface area contributed by atoms with Crippen molar-refractivity contribution in [3.8, 4) is 5.75 Å². The highest BCUT2D eigenvalue weighted by atomic mass is 35.5. The van der Waals surface area contributed by atoms with Crippen molar-refractivity contribution in [3.63, 3.8) is 0 Å². The van der Waals surface area contributed by atoms with Crippen molar-refractivity contribution in [1.29, 1.82) is 0 Å². The minimum Gasteiger partial charge on any atom is -0.497 e. The monoisotopic (exact) mass is 368 g/mol. The van der Waals surface area contributed by atoms with Gasteiger partial charge in [-0.05, 0) is 55.2 Å². The van der Waals surface area contributed by atoms with Crippen LogP contribution in [-0.2, 0) is 6.42 Å². The normalized spacial score (nSPS) is 15.4. The van der Waals surface area contributed by atoms with Gasteiger partial charge in [-0.3, -0.25) is 5.43 Å². The largest absolute Gasteiger partial charge is 0.497 e. The molecule has 3 rings (SSSR count). The van der Waals surface area contributed by atoms with Crippen LogP contribution in [0.15, 0.2) is 35.4 Å². The summed E-state index contributed by atoms with van der Waals surface area (Å²) in [7, 11) is 1.67. The van der Waals surface area contributed by atoms with Gasteiger partial charge in [-0.2, -0.15) is 5.10 Å². The molecule has 0 saturated carbocycles. The molecule has 0 amide bonds. The lowest BCUT2D eigenvalue weighted by atomic mass is 9.90. The zero-order valence-corrected chi connectivity index (χ0v) is 14.8. The Kier molecular flexibility index (Phi) is 5.00. The Balaban J connectivity index is 1.91. The molecule has 120 valence electrons. The van der Waals surface area contributed by atoms with Crippen LogP contribution < -0.4 is 10.2 Å². The van der Waals surface area contributed by atoms with E-state index < -0.39 is 0 Å². The minimum absolute atomic E-state index is 0.442. The number of fused-ring (bicyclic) bond motifs is 1. The summed E-state index contributed by atoms with van der Waals surface area (Å²) in [6, 6.07) is 9.32. The van der Waals surface area contributed by atoms with E-state index in [9.17, 15) is 0 Å². The smallest absolute Gasteiger partial charge is 0.119 e. The van der Waals surface area contributed by atoms with E-state index >= 15 is 0 Å². The van der Waals surface area contributed by atoms with Crippen molar-refractivity contribution in [3.05, 3.63) is 56.5 Å². The number of halogens is 3. The fourth-order valence-electron chi connectivity index (χ4n) is 2.65. The summed E-state index contributed by atoms with van der Waals surface area (Å²) >= 11 is 18.3. The third kappa shape index (κ3) is 3.57. The highest BCUT2D eigenvalue weighted by Crippen LogP contribution is 2.34. The van der Waals surface area contributed by atoms with Crippen molar-refractivity contribution >= 4 is 46.2 Å². The van der Waals surface area contributed by atoms with Gasteiger partial charge in [0.1, 0.15) is 5.75 Å². The van der Waals surface area contributed by atoms with E-state index in [-0.39, 0.29) is 0 Å². The first-order valence-corrected chi connectivity index (χ1v) is 8.36. The average Bonchev–Trinajstić information content (AvgIpc) is 2.53. The zero-order chi connectivity index (χ0) is 16.4. The van der Waals surface area contributed by atoms with Crippen LogP contribution >= 0.6 is 34.8 Å². The summed E-state index contributed by atoms with van der Waals surface area (Å²) in [5.41, 5.74) is 6.90. The van der Waals surface area contributed by atoms with Crippen LogP contribution in [0.5, 0.6) is 5.75 Å². The molecule has 0 saturated heterocycles. The third-order valence-electron chi connectivity index (χ3n) is 3.79. The molecule has 2 aromatic carbocycles. The first-order valence-electron chi connectivity index (χ1n) is 7.23. The van der Waals surface area contributed by atoms with Gasteiger partial charge in [-0.1, -0.05) is 34.8 Å². The Morgan fingerprint density at radius 2 is 1.78 bits per heavy atom. The van der Waals surface area contributed by atoms with Gasteiger partial charge >= 0.3 is 0 Å². The van der Waals surface area contributed by atoms with Crippen LogP contribution in [0.4, 0.5) is 5.69 Å². The van der Waals surface area contributed by atoms with Crippen molar-refractivity contribution in [2.45, 2.75) is 19.3 Å². The maximum Gasteiger partial charge on any atom is 0.119 e. The Bertz CT molecular complexity index is 751. The van der Waals surface area contributed by atoms with Gasteiger partial charge in [0.05, 0.1) is 28.6 Å². The zero-order valence-electron chi connectivity index (χ0n) is 12.5. The topological polar surface area (TPSA) is 33.6 Å². The lowest BCUT2D eigenvalue weighted by Crippen LogP contribution is -2.13. The molecule has 0 atom stereocenters. The Morgan fingerprint density at radius 3 is 2.48 bits per heavy atom. The minimum atomic E-state index is 0.442. The summed E-state index contributed by atoms with van der Waals surface area (Å²) < 4.78 is 5.28. The first kappa shape index (κ1) is 16.4. The molecular formula is C17H15Cl3N2O. The number of hydrazone groups is 1. The SMILES string of the molecule is COc1ccc2c(c1)CCCC2=NNc1c(Cl)cc(Cl)cc1Cl. The van der Waals surface area contributed by atoms with E-state index in [2.05, 4.69) is 16.6 Å². The fourth-order valence-corrected chi connectivity index (χ4v) is 3.56. The lowest BCUT2D eigenvalue weighted by molar-refractivity contribution is 0.414. The molecule has 0 aliphatic heterocycles. The van der Waals surface area contributed by atoms with Gasteiger partial charge in [-0.25, -0.2) is 0 Å². The molecule has 23 heavy (non-hydrogen) atoms. The van der Waals surface area contributed by atoms with Gasteiger partial charge in [-0.15, -0.1) is 0 Å². The molecular weight excluding hydrogens is 355 g/mol. The quantitative estimate of drug-likeness (QED) is 0.693. The maximum absolute atomic E-state index is 6.18. The molecule has 1 aliphatic carbocycles. The van der Waals surface area contributed by atoms with Crippen LogP contribution in [0.3, 0.4) is 0 Å². The Morgan fingerprint density at radius 1 is 1.04 bits per heavy atom. The van der Waals surface area contributed by atoms with E-state index in [1.165, 1.54) is 5.56 Å². The van der Waals surface area contributed by atoms with Crippen LogP contribution in [0.25, 0.3) is 0 Å². The second-order valence-electron chi connectivity index (χ2n) is 5.29. The van der Waals surface area contributed by atoms with Gasteiger partial charge in [0.2, 0.25) is 0 Å². The summed E-state index contributed by atoms with van der Waals surface area (Å²) in [6.45, 7) is 0. The van der Waals surface area contributed by atoms with Crippen LogP contribution in [0, 0.1) is 0 Å². The number of methoxy groups -OCH3 is 1. The standard InChI is InChI=1S/C17H15Cl3N2O/c1-23-12-5-6-13-10(7-12)3-2-4-16(13)21-22-17-14(19)8-11(18)9-15(17)20/h5-9,22H,2-4H2,1H3. The molecule has 6 heteroatoms. The average molecular weight is 370 g/mol. The molecule has 1 aliphatic rings. The molecule has 0 fully saturated rings. The van der Waals surface area contributed by atoms with Gasteiger partial charge in [0.25, 0.3) is 0 Å². The fraction of sp³-hybridized carbons (Fsp3) is 0.235. The van der Waals surface area contributed by atoms with Gasteiger partial charge in [0.15, 0.2) is 0 Å². The molecule has 3 nitrogen and oxygen atoms in total. The number of aryl methyl sites for hydroxylation is 1. The number of anilines is 1. The number of rotatable bonds is 3. The predicted molar refractivity (Wildman–Crippen MR) is 97.6 cm³/mol. The second-order valence-corrected chi connectivity index (χ2v) is 6.54. The van der Waals surface area contributed by atoms with Crippen LogP contribution in [0.2, 0.25) is 15.1 Å². The molecule has 2 aromatic rings. The van der Waals surface area contributed by atoms with Crippen LogP contribution in [-0.4, -0.2) is 12.8 Å². The number of hydrogen-bond acceptors (Lipinski definition) is 3. The molecule has 0 radical (unpaired) electrons. The summed E-state index contributed by atoms with van der Waals surface area (Å²) in [4.78, 5) is 0. The molecule has 0 aromatic heterocycles. The lowest BCUT2D eigenvalue weighted by Gasteiger charge is -2.19. The van der Waals surface area contributed by atoms with E-state index in [1.54, 1.807) is 19.2 Å². The van der Waals surface area contributed by atoms with E-state index in [0.717, 1.165) is 36.3 Å². The third-order valence-corrected chi connectivity index (χ3v) is 4.61. The van der Waals surface area contributed by atoms with Crippen molar-refractivity contribution < 1.29 is 4.74 Å². The highest BCUT2D eigenvalue weighted by molar-refractivity contribution is 6.41. The van der Waals surface area contributed by atoms with Gasteiger partial charge < -0.3 is 4.74 Å². The number of nitrogens with one attached hydrogen (secondary N) is 1. The van der Waals surface area contributed by atoms with E-state index in [4.69, 9.17) is 39.5 Å². The number of hydrogen-bond donors (Lipinski definition) is 1. The Hall–Kier alpha value is -1.42. The van der Waals surface area contributed by atoms with E-state index in [1.807, 2.05) is 12.1 Å². The number of benzene rings is 2. The van der Waals surface area contributed by atoms with Crippen molar-refractivity contribution in [1.82, 2.24) is 0 Å².